The highest BCUT2D eigenvalue weighted by Gasteiger charge is 2.29. The molecule has 1 aliphatic heterocycles. The molecule has 2 unspecified atom stereocenters. The number of carboxylic acid groups (broad SMARTS) is 1. The normalized spacial score (nSPS) is 23.4. The van der Waals surface area contributed by atoms with Crippen molar-refractivity contribution in [2.24, 2.45) is 5.92 Å². The molecular formula is C14H18FNO3. The summed E-state index contributed by atoms with van der Waals surface area (Å²) in [5, 5.41) is 9.15. The molecule has 4 nitrogen and oxygen atoms in total. The van der Waals surface area contributed by atoms with E-state index < -0.39 is 11.8 Å². The third-order valence-corrected chi connectivity index (χ3v) is 3.74. The van der Waals surface area contributed by atoms with Crippen LogP contribution in [-0.2, 0) is 4.74 Å². The largest absolute Gasteiger partial charge is 0.478 e. The molecule has 1 heterocycles. The highest BCUT2D eigenvalue weighted by atomic mass is 19.1. The van der Waals surface area contributed by atoms with Crippen LogP contribution in [0.4, 0.5) is 10.1 Å². The Morgan fingerprint density at radius 2 is 2.26 bits per heavy atom. The molecule has 5 heteroatoms. The van der Waals surface area contributed by atoms with Gasteiger partial charge >= 0.3 is 5.97 Å². The Morgan fingerprint density at radius 3 is 2.89 bits per heavy atom. The highest BCUT2D eigenvalue weighted by Crippen LogP contribution is 2.28. The van der Waals surface area contributed by atoms with Crippen LogP contribution in [0, 0.1) is 11.7 Å². The molecule has 0 spiro atoms. The maximum atomic E-state index is 13.7. The Bertz CT molecular complexity index is 478. The Morgan fingerprint density at radius 1 is 1.53 bits per heavy atom. The van der Waals surface area contributed by atoms with Crippen molar-refractivity contribution >= 4 is 11.7 Å². The molecule has 0 bridgehead atoms. The average molecular weight is 267 g/mol. The first-order chi connectivity index (χ1) is 9.04. The van der Waals surface area contributed by atoms with Gasteiger partial charge in [-0.05, 0) is 24.5 Å². The number of halogens is 1. The van der Waals surface area contributed by atoms with Gasteiger partial charge in [0.25, 0.3) is 0 Å². The number of methoxy groups -OCH3 is 1. The average Bonchev–Trinajstić information content (AvgIpc) is 2.38. The first kappa shape index (κ1) is 13.8. The fraction of sp³-hybridized carbons (Fsp3) is 0.500. The van der Waals surface area contributed by atoms with Crippen LogP contribution in [0.15, 0.2) is 18.2 Å². The molecule has 1 saturated heterocycles. The van der Waals surface area contributed by atoms with E-state index in [0.717, 1.165) is 6.42 Å². The zero-order chi connectivity index (χ0) is 14.0. The SMILES string of the molecule is COC1CN(c2cccc(F)c2C(=O)O)CCC1C. The fourth-order valence-corrected chi connectivity index (χ4v) is 2.55. The van der Waals surface area contributed by atoms with Crippen molar-refractivity contribution < 1.29 is 19.0 Å². The Balaban J connectivity index is 2.32. The fourth-order valence-electron chi connectivity index (χ4n) is 2.55. The van der Waals surface area contributed by atoms with Gasteiger partial charge in [0.15, 0.2) is 0 Å². The molecule has 0 radical (unpaired) electrons. The minimum atomic E-state index is -1.24. The minimum absolute atomic E-state index is 0.0404. The molecule has 104 valence electrons. The summed E-state index contributed by atoms with van der Waals surface area (Å²) >= 11 is 0. The minimum Gasteiger partial charge on any atom is -0.478 e. The van der Waals surface area contributed by atoms with Gasteiger partial charge in [-0.3, -0.25) is 0 Å². The molecule has 1 fully saturated rings. The molecule has 19 heavy (non-hydrogen) atoms. The molecule has 0 amide bonds. The maximum absolute atomic E-state index is 13.7. The predicted molar refractivity (Wildman–Crippen MR) is 70.2 cm³/mol. The first-order valence-corrected chi connectivity index (χ1v) is 6.34. The quantitative estimate of drug-likeness (QED) is 0.913. The van der Waals surface area contributed by atoms with Crippen molar-refractivity contribution in [2.45, 2.75) is 19.4 Å². The summed E-state index contributed by atoms with van der Waals surface area (Å²) < 4.78 is 19.1. The second-order valence-electron chi connectivity index (χ2n) is 4.93. The van der Waals surface area contributed by atoms with Crippen molar-refractivity contribution in [3.8, 4) is 0 Å². The van der Waals surface area contributed by atoms with Crippen LogP contribution in [-0.4, -0.2) is 37.4 Å². The number of carbonyl (C=O) groups is 1. The summed E-state index contributed by atoms with van der Waals surface area (Å²) in [6.45, 7) is 3.40. The van der Waals surface area contributed by atoms with E-state index in [1.165, 1.54) is 12.1 Å². The zero-order valence-corrected chi connectivity index (χ0v) is 11.1. The van der Waals surface area contributed by atoms with Crippen molar-refractivity contribution in [3.63, 3.8) is 0 Å². The van der Waals surface area contributed by atoms with Gasteiger partial charge in [-0.1, -0.05) is 13.0 Å². The smallest absolute Gasteiger partial charge is 0.340 e. The lowest BCUT2D eigenvalue weighted by Crippen LogP contribution is -2.44. The van der Waals surface area contributed by atoms with Crippen LogP contribution in [0.25, 0.3) is 0 Å². The second kappa shape index (κ2) is 5.57. The molecule has 1 aromatic rings. The number of aromatic carboxylic acids is 1. The Kier molecular flexibility index (Phi) is 4.04. The molecule has 1 aromatic carbocycles. The summed E-state index contributed by atoms with van der Waals surface area (Å²) in [5.41, 5.74) is 0.174. The van der Waals surface area contributed by atoms with Crippen molar-refractivity contribution in [1.29, 1.82) is 0 Å². The third-order valence-electron chi connectivity index (χ3n) is 3.74. The van der Waals surface area contributed by atoms with Crippen LogP contribution in [0.5, 0.6) is 0 Å². The molecule has 0 saturated carbocycles. The second-order valence-corrected chi connectivity index (χ2v) is 4.93. The van der Waals surface area contributed by atoms with E-state index in [2.05, 4.69) is 6.92 Å². The van der Waals surface area contributed by atoms with Gasteiger partial charge in [-0.25, -0.2) is 9.18 Å². The van der Waals surface area contributed by atoms with Crippen molar-refractivity contribution in [3.05, 3.63) is 29.6 Å². The van der Waals surface area contributed by atoms with Crippen LogP contribution in [0.3, 0.4) is 0 Å². The summed E-state index contributed by atoms with van der Waals surface area (Å²) in [6.07, 6.45) is 0.937. The van der Waals surface area contributed by atoms with Gasteiger partial charge in [-0.2, -0.15) is 0 Å². The van der Waals surface area contributed by atoms with Crippen molar-refractivity contribution in [1.82, 2.24) is 0 Å². The van der Waals surface area contributed by atoms with Gasteiger partial charge < -0.3 is 14.7 Å². The van der Waals surface area contributed by atoms with E-state index in [-0.39, 0.29) is 11.7 Å². The summed E-state index contributed by atoms with van der Waals surface area (Å²) in [6, 6.07) is 4.36. The third kappa shape index (κ3) is 2.71. The number of carboxylic acids is 1. The molecule has 1 aliphatic rings. The van der Waals surface area contributed by atoms with Gasteiger partial charge in [0.05, 0.1) is 11.8 Å². The lowest BCUT2D eigenvalue weighted by Gasteiger charge is -2.38. The highest BCUT2D eigenvalue weighted by molar-refractivity contribution is 5.94. The van der Waals surface area contributed by atoms with Gasteiger partial charge in [0.1, 0.15) is 11.4 Å². The lowest BCUT2D eigenvalue weighted by atomic mass is 9.95. The van der Waals surface area contributed by atoms with E-state index >= 15 is 0 Å². The number of rotatable bonds is 3. The standard InChI is InChI=1S/C14H18FNO3/c1-9-6-7-16(8-12(9)19-2)11-5-3-4-10(15)13(11)14(17)18/h3-5,9,12H,6-8H2,1-2H3,(H,17,18). The number of hydrogen-bond acceptors (Lipinski definition) is 3. The molecule has 2 rings (SSSR count). The van der Waals surface area contributed by atoms with Crippen molar-refractivity contribution in [2.75, 3.05) is 25.1 Å². The predicted octanol–water partition coefficient (Wildman–Crippen LogP) is 2.39. The van der Waals surface area contributed by atoms with E-state index in [1.807, 2.05) is 4.90 Å². The summed E-state index contributed by atoms with van der Waals surface area (Å²) in [4.78, 5) is 13.1. The first-order valence-electron chi connectivity index (χ1n) is 6.34. The lowest BCUT2D eigenvalue weighted by molar-refractivity contribution is 0.0496. The van der Waals surface area contributed by atoms with E-state index in [0.29, 0.717) is 24.7 Å². The molecule has 0 aromatic heterocycles. The summed E-state index contributed by atoms with van der Waals surface area (Å²) in [7, 11) is 1.65. The van der Waals surface area contributed by atoms with Gasteiger partial charge in [0, 0.05) is 20.2 Å². The molecule has 0 aliphatic carbocycles. The maximum Gasteiger partial charge on any atom is 0.340 e. The molecular weight excluding hydrogens is 249 g/mol. The van der Waals surface area contributed by atoms with E-state index in [4.69, 9.17) is 9.84 Å². The van der Waals surface area contributed by atoms with Crippen LogP contribution in [0.1, 0.15) is 23.7 Å². The van der Waals surface area contributed by atoms with E-state index in [9.17, 15) is 9.18 Å². The molecule has 2 atom stereocenters. The van der Waals surface area contributed by atoms with E-state index in [1.54, 1.807) is 13.2 Å². The van der Waals surface area contributed by atoms with Gasteiger partial charge in [-0.15, -0.1) is 0 Å². The topological polar surface area (TPSA) is 49.8 Å². The van der Waals surface area contributed by atoms with Crippen LogP contribution >= 0.6 is 0 Å². The zero-order valence-electron chi connectivity index (χ0n) is 11.1. The van der Waals surface area contributed by atoms with Crippen LogP contribution in [0.2, 0.25) is 0 Å². The number of benzene rings is 1. The van der Waals surface area contributed by atoms with Crippen LogP contribution < -0.4 is 4.90 Å². The Labute approximate surface area is 111 Å². The number of piperidine rings is 1. The van der Waals surface area contributed by atoms with Gasteiger partial charge in [0.2, 0.25) is 0 Å². The monoisotopic (exact) mass is 267 g/mol. The molecule has 1 N–H and O–H groups in total. The number of hydrogen-bond donors (Lipinski definition) is 1. The number of nitrogens with zero attached hydrogens (tertiary/aromatic N) is 1. The summed E-state index contributed by atoms with van der Waals surface area (Å²) in [5.74, 6) is -1.51. The number of ether oxygens (including phenoxy) is 1. The number of anilines is 1. The Hall–Kier alpha value is -1.62.